The van der Waals surface area contributed by atoms with Crippen molar-refractivity contribution in [1.29, 1.82) is 0 Å². The molecule has 0 aliphatic rings. The van der Waals surface area contributed by atoms with Crippen LogP contribution in [0.4, 0.5) is 5.69 Å². The van der Waals surface area contributed by atoms with E-state index in [0.717, 1.165) is 11.1 Å². The van der Waals surface area contributed by atoms with E-state index in [9.17, 15) is 9.59 Å². The number of benzene rings is 2. The normalized spacial score (nSPS) is 10.9. The molecule has 0 bridgehead atoms. The van der Waals surface area contributed by atoms with Gasteiger partial charge >= 0.3 is 0 Å². The van der Waals surface area contributed by atoms with Gasteiger partial charge < -0.3 is 14.8 Å². The van der Waals surface area contributed by atoms with Crippen LogP contribution in [-0.4, -0.2) is 31.2 Å². The Kier molecular flexibility index (Phi) is 8.41. The van der Waals surface area contributed by atoms with Gasteiger partial charge in [-0.3, -0.25) is 9.59 Å². The lowest BCUT2D eigenvalue weighted by Gasteiger charge is -2.15. The number of nitrogens with zero attached hydrogens (tertiary/aromatic N) is 1. The zero-order valence-electron chi connectivity index (χ0n) is 17.7. The van der Waals surface area contributed by atoms with Crippen LogP contribution in [0.15, 0.2) is 39.9 Å². The number of aryl methyl sites for hydroxylation is 2. The minimum absolute atomic E-state index is 0.0102. The third kappa shape index (κ3) is 6.88. The third-order valence-electron chi connectivity index (χ3n) is 4.12. The van der Waals surface area contributed by atoms with Gasteiger partial charge in [0.15, 0.2) is 11.5 Å². The summed E-state index contributed by atoms with van der Waals surface area (Å²) in [5.41, 5.74) is 5.89. The van der Waals surface area contributed by atoms with Crippen molar-refractivity contribution in [2.24, 2.45) is 5.10 Å². The number of hydrazone groups is 1. The van der Waals surface area contributed by atoms with E-state index in [2.05, 4.69) is 31.8 Å². The summed E-state index contributed by atoms with van der Waals surface area (Å²) < 4.78 is 11.8. The van der Waals surface area contributed by atoms with Crippen LogP contribution in [0, 0.1) is 13.8 Å². The highest BCUT2D eigenvalue weighted by molar-refractivity contribution is 9.10. The average molecular weight is 476 g/mol. The second-order valence-corrected chi connectivity index (χ2v) is 7.87. The molecular weight excluding hydrogens is 450 g/mol. The van der Waals surface area contributed by atoms with Gasteiger partial charge in [0, 0.05) is 5.69 Å². The Morgan fingerprint density at radius 3 is 2.50 bits per heavy atom. The summed E-state index contributed by atoms with van der Waals surface area (Å²) in [4.78, 5) is 24.0. The first kappa shape index (κ1) is 23.4. The van der Waals surface area contributed by atoms with Gasteiger partial charge in [-0.25, -0.2) is 5.43 Å². The molecule has 7 nitrogen and oxygen atoms in total. The van der Waals surface area contributed by atoms with Crippen LogP contribution >= 0.6 is 15.9 Å². The zero-order chi connectivity index (χ0) is 22.3. The fourth-order valence-corrected chi connectivity index (χ4v) is 3.11. The van der Waals surface area contributed by atoms with E-state index >= 15 is 0 Å². The van der Waals surface area contributed by atoms with Crippen LogP contribution in [0.3, 0.4) is 0 Å². The van der Waals surface area contributed by atoms with Crippen molar-refractivity contribution in [1.82, 2.24) is 5.43 Å². The van der Waals surface area contributed by atoms with E-state index < -0.39 is 11.8 Å². The number of rotatable bonds is 8. The number of amides is 2. The molecule has 2 amide bonds. The van der Waals surface area contributed by atoms with Crippen LogP contribution < -0.4 is 20.2 Å². The van der Waals surface area contributed by atoms with Gasteiger partial charge in [0.25, 0.3) is 0 Å². The summed E-state index contributed by atoms with van der Waals surface area (Å²) in [6.07, 6.45) is 1.12. The van der Waals surface area contributed by atoms with Crippen LogP contribution in [0.5, 0.6) is 11.5 Å². The first-order valence-electron chi connectivity index (χ1n) is 9.42. The van der Waals surface area contributed by atoms with Crippen molar-refractivity contribution in [3.05, 3.63) is 51.5 Å². The van der Waals surface area contributed by atoms with Gasteiger partial charge in [0.05, 0.1) is 23.9 Å². The van der Waals surface area contributed by atoms with Gasteiger partial charge in [-0.15, -0.1) is 0 Å². The predicted molar refractivity (Wildman–Crippen MR) is 121 cm³/mol. The molecule has 0 unspecified atom stereocenters. The predicted octanol–water partition coefficient (Wildman–Crippen LogP) is 4.34. The number of methoxy groups -OCH3 is 1. The molecule has 160 valence electrons. The highest BCUT2D eigenvalue weighted by atomic mass is 79.9. The number of anilines is 1. The fraction of sp³-hybridized carbons (Fsp3) is 0.318. The molecular formula is C22H26BrN3O4. The number of carbonyl (C=O) groups is 2. The Labute approximate surface area is 185 Å². The van der Waals surface area contributed by atoms with Crippen molar-refractivity contribution in [3.8, 4) is 11.5 Å². The van der Waals surface area contributed by atoms with Crippen LogP contribution in [0.1, 0.15) is 37.0 Å². The Morgan fingerprint density at radius 2 is 1.87 bits per heavy atom. The fourth-order valence-electron chi connectivity index (χ4n) is 2.55. The van der Waals surface area contributed by atoms with E-state index in [1.807, 2.05) is 39.8 Å². The molecule has 0 aromatic heterocycles. The molecule has 2 rings (SSSR count). The number of ether oxygens (including phenoxy) is 2. The second-order valence-electron chi connectivity index (χ2n) is 7.02. The summed E-state index contributed by atoms with van der Waals surface area (Å²) in [7, 11) is 1.55. The minimum atomic E-state index is -0.515. The van der Waals surface area contributed by atoms with E-state index in [4.69, 9.17) is 9.47 Å². The molecule has 2 aromatic rings. The molecule has 2 aromatic carbocycles. The lowest BCUT2D eigenvalue weighted by Crippen LogP contribution is -2.24. The van der Waals surface area contributed by atoms with Crippen molar-refractivity contribution in [2.75, 3.05) is 12.4 Å². The van der Waals surface area contributed by atoms with E-state index in [0.29, 0.717) is 27.2 Å². The number of hydrogen-bond donors (Lipinski definition) is 2. The molecule has 0 aliphatic carbocycles. The summed E-state index contributed by atoms with van der Waals surface area (Å²) >= 11 is 3.45. The molecule has 0 fully saturated rings. The standard InChI is InChI=1S/C22H26BrN3O4/c1-13(2)30-22-18(23)9-16(10-19(22)29-5)12-24-26-21(28)11-20(27)25-17-7-6-14(3)15(4)8-17/h6-10,12-13H,11H2,1-5H3,(H,25,27)(H,26,28). The average Bonchev–Trinajstić information content (AvgIpc) is 2.66. The maximum absolute atomic E-state index is 12.0. The minimum Gasteiger partial charge on any atom is -0.493 e. The molecule has 0 heterocycles. The Morgan fingerprint density at radius 1 is 1.13 bits per heavy atom. The summed E-state index contributed by atoms with van der Waals surface area (Å²) in [5, 5.41) is 6.62. The molecule has 2 N–H and O–H groups in total. The molecule has 0 saturated heterocycles. The lowest BCUT2D eigenvalue weighted by molar-refractivity contribution is -0.126. The Hall–Kier alpha value is -2.87. The topological polar surface area (TPSA) is 89.0 Å². The Bertz CT molecular complexity index is 958. The maximum Gasteiger partial charge on any atom is 0.249 e. The van der Waals surface area contributed by atoms with Gasteiger partial charge in [-0.2, -0.15) is 5.10 Å². The molecule has 0 aliphatic heterocycles. The van der Waals surface area contributed by atoms with Gasteiger partial charge in [-0.1, -0.05) is 6.07 Å². The number of halogens is 1. The zero-order valence-corrected chi connectivity index (χ0v) is 19.3. The smallest absolute Gasteiger partial charge is 0.249 e. The molecule has 8 heteroatoms. The van der Waals surface area contributed by atoms with Crippen LogP contribution in [0.2, 0.25) is 0 Å². The van der Waals surface area contributed by atoms with Crippen molar-refractivity contribution in [2.45, 2.75) is 40.2 Å². The van der Waals surface area contributed by atoms with Crippen molar-refractivity contribution >= 4 is 39.6 Å². The van der Waals surface area contributed by atoms with E-state index in [-0.39, 0.29) is 12.5 Å². The lowest BCUT2D eigenvalue weighted by atomic mass is 10.1. The first-order valence-corrected chi connectivity index (χ1v) is 10.2. The number of carbonyl (C=O) groups excluding carboxylic acids is 2. The summed E-state index contributed by atoms with van der Waals surface area (Å²) in [5.74, 6) is 0.208. The van der Waals surface area contributed by atoms with Gasteiger partial charge in [0.2, 0.25) is 11.8 Å². The second kappa shape index (κ2) is 10.8. The van der Waals surface area contributed by atoms with Crippen molar-refractivity contribution < 1.29 is 19.1 Å². The molecule has 30 heavy (non-hydrogen) atoms. The monoisotopic (exact) mass is 475 g/mol. The highest BCUT2D eigenvalue weighted by Crippen LogP contribution is 2.36. The van der Waals surface area contributed by atoms with E-state index in [1.165, 1.54) is 6.21 Å². The third-order valence-corrected chi connectivity index (χ3v) is 4.71. The van der Waals surface area contributed by atoms with Gasteiger partial charge in [0.1, 0.15) is 6.42 Å². The Balaban J connectivity index is 1.94. The number of nitrogens with one attached hydrogen (secondary N) is 2. The SMILES string of the molecule is COc1cc(C=NNC(=O)CC(=O)Nc2ccc(C)c(C)c2)cc(Br)c1OC(C)C. The highest BCUT2D eigenvalue weighted by Gasteiger charge is 2.13. The quantitative estimate of drug-likeness (QED) is 0.337. The van der Waals surface area contributed by atoms with Gasteiger partial charge in [-0.05, 0) is 84.6 Å². The van der Waals surface area contributed by atoms with Crippen molar-refractivity contribution in [3.63, 3.8) is 0 Å². The largest absolute Gasteiger partial charge is 0.493 e. The molecule has 0 saturated carbocycles. The number of hydrogen-bond acceptors (Lipinski definition) is 5. The summed E-state index contributed by atoms with van der Waals surface area (Å²) in [6.45, 7) is 7.80. The van der Waals surface area contributed by atoms with Crippen LogP contribution in [0.25, 0.3) is 0 Å². The van der Waals surface area contributed by atoms with E-state index in [1.54, 1.807) is 25.3 Å². The maximum atomic E-state index is 12.0. The molecule has 0 spiro atoms. The van der Waals surface area contributed by atoms with Crippen LogP contribution in [-0.2, 0) is 9.59 Å². The first-order chi connectivity index (χ1) is 14.2. The molecule has 0 atom stereocenters. The summed E-state index contributed by atoms with van der Waals surface area (Å²) in [6, 6.07) is 9.11. The molecule has 0 radical (unpaired) electrons.